The van der Waals surface area contributed by atoms with E-state index in [-0.39, 0.29) is 0 Å². The molecule has 1 aromatic carbocycles. The Morgan fingerprint density at radius 3 is 2.88 bits per heavy atom. The van der Waals surface area contributed by atoms with E-state index >= 15 is 0 Å². The van der Waals surface area contributed by atoms with Crippen LogP contribution in [0.15, 0.2) is 36.4 Å². The van der Waals surface area contributed by atoms with Gasteiger partial charge in [0.05, 0.1) is 13.2 Å². The second kappa shape index (κ2) is 4.70. The number of carbonyl (C=O) groups excluding carboxylic acids is 1. The standard InChI is InChI=1S/C12H13NO3/c1-2-15-12(14)13-9-8-11(16-13)10-6-4-3-5-7-10/h3-8H,2,9H2,1H3. The predicted molar refractivity (Wildman–Crippen MR) is 59.2 cm³/mol. The van der Waals surface area contributed by atoms with Crippen LogP contribution in [0.25, 0.3) is 5.76 Å². The van der Waals surface area contributed by atoms with E-state index < -0.39 is 6.09 Å². The average molecular weight is 219 g/mol. The van der Waals surface area contributed by atoms with Gasteiger partial charge in [-0.05, 0) is 13.0 Å². The lowest BCUT2D eigenvalue weighted by molar-refractivity contribution is -0.0488. The highest BCUT2D eigenvalue weighted by atomic mass is 16.7. The molecule has 84 valence electrons. The SMILES string of the molecule is CCOC(=O)N1CC=C(c2ccccc2)O1. The van der Waals surface area contributed by atoms with Gasteiger partial charge in [0.25, 0.3) is 0 Å². The summed E-state index contributed by atoms with van der Waals surface area (Å²) in [5, 5.41) is 1.20. The molecular weight excluding hydrogens is 206 g/mol. The van der Waals surface area contributed by atoms with Crippen LogP contribution in [0.1, 0.15) is 12.5 Å². The van der Waals surface area contributed by atoms with Gasteiger partial charge in [-0.15, -0.1) is 5.06 Å². The van der Waals surface area contributed by atoms with Crippen molar-refractivity contribution >= 4 is 11.9 Å². The van der Waals surface area contributed by atoms with Gasteiger partial charge in [0.2, 0.25) is 0 Å². The third kappa shape index (κ3) is 2.16. The number of carbonyl (C=O) groups is 1. The molecule has 2 rings (SSSR count). The van der Waals surface area contributed by atoms with Crippen LogP contribution < -0.4 is 0 Å². The van der Waals surface area contributed by atoms with Crippen molar-refractivity contribution in [3.05, 3.63) is 42.0 Å². The maximum atomic E-state index is 11.4. The zero-order valence-electron chi connectivity index (χ0n) is 9.05. The van der Waals surface area contributed by atoms with Crippen LogP contribution in [0.3, 0.4) is 0 Å². The van der Waals surface area contributed by atoms with Crippen molar-refractivity contribution in [3.8, 4) is 0 Å². The Morgan fingerprint density at radius 2 is 2.19 bits per heavy atom. The van der Waals surface area contributed by atoms with Gasteiger partial charge in [0, 0.05) is 5.56 Å². The summed E-state index contributed by atoms with van der Waals surface area (Å²) >= 11 is 0. The number of rotatable bonds is 2. The first-order valence-corrected chi connectivity index (χ1v) is 5.19. The summed E-state index contributed by atoms with van der Waals surface area (Å²) in [6, 6.07) is 9.64. The van der Waals surface area contributed by atoms with Crippen LogP contribution in [-0.4, -0.2) is 24.3 Å². The van der Waals surface area contributed by atoms with Gasteiger partial charge in [-0.1, -0.05) is 30.3 Å². The molecular formula is C12H13NO3. The normalized spacial score (nSPS) is 14.3. The lowest BCUT2D eigenvalue weighted by Crippen LogP contribution is -2.27. The lowest BCUT2D eigenvalue weighted by atomic mass is 10.2. The fourth-order valence-electron chi connectivity index (χ4n) is 1.44. The molecule has 0 aromatic heterocycles. The van der Waals surface area contributed by atoms with E-state index in [0.717, 1.165) is 5.56 Å². The Balaban J connectivity index is 2.00. The molecule has 0 saturated heterocycles. The summed E-state index contributed by atoms with van der Waals surface area (Å²) in [7, 11) is 0. The van der Waals surface area contributed by atoms with Crippen molar-refractivity contribution < 1.29 is 14.4 Å². The Bertz CT molecular complexity index is 400. The summed E-state index contributed by atoms with van der Waals surface area (Å²) in [6.45, 7) is 2.53. The Hall–Kier alpha value is -1.97. The fourth-order valence-corrected chi connectivity index (χ4v) is 1.44. The van der Waals surface area contributed by atoms with Crippen LogP contribution in [0.5, 0.6) is 0 Å². The summed E-state index contributed by atoms with van der Waals surface area (Å²) in [5.74, 6) is 0.689. The first-order chi connectivity index (χ1) is 7.81. The Labute approximate surface area is 94.0 Å². The zero-order chi connectivity index (χ0) is 11.4. The molecule has 1 aromatic rings. The van der Waals surface area contributed by atoms with E-state index in [1.54, 1.807) is 6.92 Å². The molecule has 4 nitrogen and oxygen atoms in total. The second-order valence-electron chi connectivity index (χ2n) is 3.29. The summed E-state index contributed by atoms with van der Waals surface area (Å²) < 4.78 is 4.84. The van der Waals surface area contributed by atoms with E-state index in [9.17, 15) is 4.79 Å². The minimum atomic E-state index is -0.454. The molecule has 0 bridgehead atoms. The lowest BCUT2D eigenvalue weighted by Gasteiger charge is -2.15. The van der Waals surface area contributed by atoms with E-state index in [1.165, 1.54) is 5.06 Å². The monoisotopic (exact) mass is 219 g/mol. The minimum absolute atomic E-state index is 0.347. The molecule has 0 atom stereocenters. The molecule has 1 amide bonds. The van der Waals surface area contributed by atoms with Crippen LogP contribution in [-0.2, 0) is 9.57 Å². The van der Waals surface area contributed by atoms with Crippen molar-refractivity contribution in [2.45, 2.75) is 6.92 Å². The van der Waals surface area contributed by atoms with E-state index in [0.29, 0.717) is 18.9 Å². The van der Waals surface area contributed by atoms with Gasteiger partial charge in [-0.25, -0.2) is 4.79 Å². The molecule has 0 spiro atoms. The van der Waals surface area contributed by atoms with Crippen molar-refractivity contribution in [2.75, 3.05) is 13.2 Å². The van der Waals surface area contributed by atoms with Gasteiger partial charge in [0.15, 0.2) is 5.76 Å². The van der Waals surface area contributed by atoms with E-state index in [4.69, 9.17) is 9.57 Å². The average Bonchev–Trinajstić information content (AvgIpc) is 2.80. The molecule has 0 N–H and O–H groups in total. The molecule has 1 aliphatic heterocycles. The van der Waals surface area contributed by atoms with Gasteiger partial charge in [-0.3, -0.25) is 0 Å². The molecule has 16 heavy (non-hydrogen) atoms. The number of benzene rings is 1. The highest BCUT2D eigenvalue weighted by Crippen LogP contribution is 2.22. The van der Waals surface area contributed by atoms with Crippen molar-refractivity contribution in [1.29, 1.82) is 0 Å². The fraction of sp³-hybridized carbons (Fsp3) is 0.250. The number of hydrogen-bond donors (Lipinski definition) is 0. The van der Waals surface area contributed by atoms with Crippen molar-refractivity contribution in [2.24, 2.45) is 0 Å². The minimum Gasteiger partial charge on any atom is -0.448 e. The first kappa shape index (κ1) is 10.5. The van der Waals surface area contributed by atoms with Crippen LogP contribution in [0.4, 0.5) is 4.79 Å². The summed E-state index contributed by atoms with van der Waals surface area (Å²) in [6.07, 6.45) is 1.40. The van der Waals surface area contributed by atoms with E-state index in [1.807, 2.05) is 36.4 Å². The number of hydroxylamine groups is 2. The molecule has 4 heteroatoms. The number of amides is 1. The highest BCUT2D eigenvalue weighted by Gasteiger charge is 2.23. The molecule has 0 unspecified atom stereocenters. The van der Waals surface area contributed by atoms with Crippen LogP contribution >= 0.6 is 0 Å². The molecule has 0 saturated carbocycles. The maximum Gasteiger partial charge on any atom is 0.443 e. The molecule has 0 fully saturated rings. The largest absolute Gasteiger partial charge is 0.448 e. The maximum absolute atomic E-state index is 11.4. The molecule has 1 heterocycles. The van der Waals surface area contributed by atoms with Crippen LogP contribution in [0, 0.1) is 0 Å². The zero-order valence-corrected chi connectivity index (χ0v) is 9.05. The molecule has 1 aliphatic rings. The first-order valence-electron chi connectivity index (χ1n) is 5.19. The molecule has 0 radical (unpaired) electrons. The second-order valence-corrected chi connectivity index (χ2v) is 3.29. The van der Waals surface area contributed by atoms with Gasteiger partial charge in [0.1, 0.15) is 0 Å². The predicted octanol–water partition coefficient (Wildman–Crippen LogP) is 2.43. The van der Waals surface area contributed by atoms with Gasteiger partial charge in [-0.2, -0.15) is 0 Å². The van der Waals surface area contributed by atoms with Crippen molar-refractivity contribution in [3.63, 3.8) is 0 Å². The van der Waals surface area contributed by atoms with Crippen molar-refractivity contribution in [1.82, 2.24) is 5.06 Å². The summed E-state index contributed by atoms with van der Waals surface area (Å²) in [4.78, 5) is 16.7. The third-order valence-electron chi connectivity index (χ3n) is 2.18. The number of ether oxygens (including phenoxy) is 1. The molecule has 0 aliphatic carbocycles. The number of hydrogen-bond acceptors (Lipinski definition) is 3. The van der Waals surface area contributed by atoms with Gasteiger partial charge >= 0.3 is 6.09 Å². The summed E-state index contributed by atoms with van der Waals surface area (Å²) in [5.41, 5.74) is 0.953. The van der Waals surface area contributed by atoms with E-state index in [2.05, 4.69) is 0 Å². The quantitative estimate of drug-likeness (QED) is 0.766. The Kier molecular flexibility index (Phi) is 3.10. The number of nitrogens with zero attached hydrogens (tertiary/aromatic N) is 1. The smallest absolute Gasteiger partial charge is 0.443 e. The third-order valence-corrected chi connectivity index (χ3v) is 2.18. The van der Waals surface area contributed by atoms with Gasteiger partial charge < -0.3 is 9.57 Å². The Morgan fingerprint density at radius 1 is 1.44 bits per heavy atom. The van der Waals surface area contributed by atoms with Crippen LogP contribution in [0.2, 0.25) is 0 Å². The highest BCUT2D eigenvalue weighted by molar-refractivity contribution is 5.71. The topological polar surface area (TPSA) is 38.8 Å².